The van der Waals surface area contributed by atoms with E-state index in [-0.39, 0.29) is 11.9 Å². The molecule has 88 valence electrons. The van der Waals surface area contributed by atoms with Gasteiger partial charge in [0.15, 0.2) is 0 Å². The predicted octanol–water partition coefficient (Wildman–Crippen LogP) is 3.28. The number of hydrogen-bond donors (Lipinski definition) is 2. The highest BCUT2D eigenvalue weighted by molar-refractivity contribution is 9.11. The molecular weight excluding hydrogens is 336 g/mol. The molecule has 0 saturated carbocycles. The van der Waals surface area contributed by atoms with E-state index in [0.717, 1.165) is 21.1 Å². The highest BCUT2D eigenvalue weighted by Gasteiger charge is 2.09. The van der Waals surface area contributed by atoms with Gasteiger partial charge in [-0.1, -0.05) is 22.9 Å². The van der Waals surface area contributed by atoms with Crippen molar-refractivity contribution >= 4 is 43.5 Å². The molecular formula is C11H14Br2N2O. The van der Waals surface area contributed by atoms with Crippen LogP contribution in [0.4, 0.5) is 5.69 Å². The normalized spacial score (nSPS) is 12.2. The van der Waals surface area contributed by atoms with Crippen LogP contribution in [0, 0.1) is 0 Å². The van der Waals surface area contributed by atoms with Crippen molar-refractivity contribution in [1.82, 2.24) is 0 Å². The first-order valence-corrected chi connectivity index (χ1v) is 6.62. The van der Waals surface area contributed by atoms with Crippen LogP contribution in [0.15, 0.2) is 27.1 Å². The van der Waals surface area contributed by atoms with Crippen LogP contribution in [-0.4, -0.2) is 11.9 Å². The molecule has 0 heterocycles. The second-order valence-corrected chi connectivity index (χ2v) is 5.31. The Bertz CT molecular complexity index is 382. The summed E-state index contributed by atoms with van der Waals surface area (Å²) in [4.78, 5) is 11.6. The maximum atomic E-state index is 11.6. The van der Waals surface area contributed by atoms with Gasteiger partial charge in [0.1, 0.15) is 0 Å². The zero-order valence-corrected chi connectivity index (χ0v) is 12.1. The Hall–Kier alpha value is -0.390. The molecule has 1 amide bonds. The topological polar surface area (TPSA) is 55.1 Å². The van der Waals surface area contributed by atoms with Crippen LogP contribution in [0.3, 0.4) is 0 Å². The van der Waals surface area contributed by atoms with Gasteiger partial charge in [-0.15, -0.1) is 0 Å². The monoisotopic (exact) mass is 348 g/mol. The zero-order valence-electron chi connectivity index (χ0n) is 8.97. The van der Waals surface area contributed by atoms with Crippen molar-refractivity contribution in [3.63, 3.8) is 0 Å². The highest BCUT2D eigenvalue weighted by Crippen LogP contribution is 2.26. The van der Waals surface area contributed by atoms with Gasteiger partial charge in [-0.25, -0.2) is 0 Å². The average Bonchev–Trinajstić information content (AvgIpc) is 2.22. The number of anilines is 1. The molecule has 0 aliphatic rings. The summed E-state index contributed by atoms with van der Waals surface area (Å²) < 4.78 is 1.81. The molecule has 1 aromatic rings. The summed E-state index contributed by atoms with van der Waals surface area (Å²) in [6.45, 7) is 1.97. The third-order valence-electron chi connectivity index (χ3n) is 2.18. The number of nitrogens with two attached hydrogens (primary N) is 1. The van der Waals surface area contributed by atoms with Crippen LogP contribution in [0.5, 0.6) is 0 Å². The van der Waals surface area contributed by atoms with Crippen molar-refractivity contribution in [2.24, 2.45) is 5.73 Å². The van der Waals surface area contributed by atoms with Gasteiger partial charge in [-0.05, 0) is 40.5 Å². The summed E-state index contributed by atoms with van der Waals surface area (Å²) in [7, 11) is 0. The molecule has 1 unspecified atom stereocenters. The van der Waals surface area contributed by atoms with Gasteiger partial charge in [0.25, 0.3) is 0 Å². The lowest BCUT2D eigenvalue weighted by atomic mass is 10.1. The van der Waals surface area contributed by atoms with E-state index >= 15 is 0 Å². The SMILES string of the molecule is CCC(N)CC(=O)Nc1ccc(Br)cc1Br. The average molecular weight is 350 g/mol. The second-order valence-electron chi connectivity index (χ2n) is 3.54. The maximum absolute atomic E-state index is 11.6. The largest absolute Gasteiger partial charge is 0.327 e. The quantitative estimate of drug-likeness (QED) is 0.876. The summed E-state index contributed by atoms with van der Waals surface area (Å²) >= 11 is 6.73. The minimum Gasteiger partial charge on any atom is -0.327 e. The third kappa shape index (κ3) is 4.23. The number of benzene rings is 1. The van der Waals surface area contributed by atoms with E-state index in [9.17, 15) is 4.79 Å². The minimum atomic E-state index is -0.0748. The number of halogens is 2. The molecule has 16 heavy (non-hydrogen) atoms. The molecule has 0 aliphatic heterocycles. The van der Waals surface area contributed by atoms with Gasteiger partial charge < -0.3 is 11.1 Å². The zero-order chi connectivity index (χ0) is 12.1. The maximum Gasteiger partial charge on any atom is 0.225 e. The van der Waals surface area contributed by atoms with Crippen molar-refractivity contribution in [2.45, 2.75) is 25.8 Å². The first-order valence-electron chi connectivity index (χ1n) is 5.03. The van der Waals surface area contributed by atoms with Crippen LogP contribution < -0.4 is 11.1 Å². The number of carbonyl (C=O) groups excluding carboxylic acids is 1. The number of nitrogens with one attached hydrogen (secondary N) is 1. The first-order chi connectivity index (χ1) is 7.52. The van der Waals surface area contributed by atoms with E-state index in [2.05, 4.69) is 37.2 Å². The summed E-state index contributed by atoms with van der Waals surface area (Å²) in [5.74, 6) is -0.0580. The molecule has 1 rings (SSSR count). The van der Waals surface area contributed by atoms with Crippen LogP contribution >= 0.6 is 31.9 Å². The lowest BCUT2D eigenvalue weighted by molar-refractivity contribution is -0.116. The Kier molecular flexibility index (Phi) is 5.44. The molecule has 1 aromatic carbocycles. The first kappa shape index (κ1) is 13.7. The molecule has 0 radical (unpaired) electrons. The number of amides is 1. The number of rotatable bonds is 4. The van der Waals surface area contributed by atoms with E-state index in [1.165, 1.54) is 0 Å². The van der Waals surface area contributed by atoms with Gasteiger partial charge in [0.05, 0.1) is 5.69 Å². The molecule has 0 spiro atoms. The minimum absolute atomic E-state index is 0.0580. The van der Waals surface area contributed by atoms with Gasteiger partial charge in [-0.3, -0.25) is 4.79 Å². The van der Waals surface area contributed by atoms with Crippen molar-refractivity contribution in [3.8, 4) is 0 Å². The van der Waals surface area contributed by atoms with E-state index in [0.29, 0.717) is 6.42 Å². The molecule has 0 aliphatic carbocycles. The lowest BCUT2D eigenvalue weighted by Gasteiger charge is -2.10. The van der Waals surface area contributed by atoms with E-state index in [4.69, 9.17) is 5.73 Å². The Labute approximate surface area is 112 Å². The van der Waals surface area contributed by atoms with Crippen molar-refractivity contribution in [2.75, 3.05) is 5.32 Å². The van der Waals surface area contributed by atoms with Crippen LogP contribution in [0.1, 0.15) is 19.8 Å². The molecule has 0 saturated heterocycles. The molecule has 3 nitrogen and oxygen atoms in total. The van der Waals surface area contributed by atoms with E-state index in [1.54, 1.807) is 0 Å². The summed E-state index contributed by atoms with van der Waals surface area (Å²) in [6, 6.07) is 5.52. The fourth-order valence-electron chi connectivity index (χ4n) is 1.17. The Morgan fingerprint density at radius 1 is 1.50 bits per heavy atom. The number of carbonyl (C=O) groups is 1. The molecule has 1 atom stereocenters. The molecule has 3 N–H and O–H groups in total. The fourth-order valence-corrected chi connectivity index (χ4v) is 2.32. The molecule has 0 fully saturated rings. The molecule has 0 aromatic heterocycles. The lowest BCUT2D eigenvalue weighted by Crippen LogP contribution is -2.26. The van der Waals surface area contributed by atoms with Gasteiger partial charge >= 0.3 is 0 Å². The highest BCUT2D eigenvalue weighted by atomic mass is 79.9. The van der Waals surface area contributed by atoms with Crippen LogP contribution in [-0.2, 0) is 4.79 Å². The third-order valence-corrected chi connectivity index (χ3v) is 3.33. The van der Waals surface area contributed by atoms with Crippen LogP contribution in [0.2, 0.25) is 0 Å². The fraction of sp³-hybridized carbons (Fsp3) is 0.364. The second kappa shape index (κ2) is 6.37. The van der Waals surface area contributed by atoms with Crippen LogP contribution in [0.25, 0.3) is 0 Å². The number of hydrogen-bond acceptors (Lipinski definition) is 2. The smallest absolute Gasteiger partial charge is 0.225 e. The predicted molar refractivity (Wildman–Crippen MR) is 73.4 cm³/mol. The standard InChI is InChI=1S/C11H14Br2N2O/c1-2-8(14)6-11(16)15-10-4-3-7(12)5-9(10)13/h3-5,8H,2,6,14H2,1H3,(H,15,16). The molecule has 0 bridgehead atoms. The van der Waals surface area contributed by atoms with E-state index < -0.39 is 0 Å². The molecule has 5 heteroatoms. The van der Waals surface area contributed by atoms with E-state index in [1.807, 2.05) is 25.1 Å². The Morgan fingerprint density at radius 2 is 2.19 bits per heavy atom. The summed E-state index contributed by atoms with van der Waals surface area (Å²) in [5.41, 5.74) is 6.47. The van der Waals surface area contributed by atoms with Crippen molar-refractivity contribution in [3.05, 3.63) is 27.1 Å². The van der Waals surface area contributed by atoms with Crippen molar-refractivity contribution < 1.29 is 4.79 Å². The Morgan fingerprint density at radius 3 is 2.75 bits per heavy atom. The summed E-state index contributed by atoms with van der Waals surface area (Å²) in [6.07, 6.45) is 1.15. The van der Waals surface area contributed by atoms with Gasteiger partial charge in [0, 0.05) is 21.4 Å². The summed E-state index contributed by atoms with van der Waals surface area (Å²) in [5, 5.41) is 2.82. The Balaban J connectivity index is 2.63. The van der Waals surface area contributed by atoms with Gasteiger partial charge in [0.2, 0.25) is 5.91 Å². The van der Waals surface area contributed by atoms with Crippen molar-refractivity contribution in [1.29, 1.82) is 0 Å². The van der Waals surface area contributed by atoms with Gasteiger partial charge in [-0.2, -0.15) is 0 Å².